The molecule has 0 radical (unpaired) electrons. The zero-order chi connectivity index (χ0) is 42.8. The first-order chi connectivity index (χ1) is 31.5. The van der Waals surface area contributed by atoms with Crippen molar-refractivity contribution in [2.75, 3.05) is 0 Å². The van der Waals surface area contributed by atoms with Gasteiger partial charge in [0.2, 0.25) is 0 Å². The fourth-order valence-electron chi connectivity index (χ4n) is 10.8. The molecule has 1 aliphatic carbocycles. The molecule has 0 spiro atoms. The van der Waals surface area contributed by atoms with Crippen molar-refractivity contribution in [3.8, 4) is 40.3 Å². The van der Waals surface area contributed by atoms with Crippen LogP contribution in [0.15, 0.2) is 158 Å². The predicted molar refractivity (Wildman–Crippen MR) is 267 cm³/mol. The highest BCUT2D eigenvalue weighted by Gasteiger charge is 2.34. The van der Waals surface area contributed by atoms with E-state index in [0.29, 0.717) is 16.8 Å². The van der Waals surface area contributed by atoms with Crippen LogP contribution < -0.4 is 0 Å². The molecule has 12 aromatic rings. The summed E-state index contributed by atoms with van der Waals surface area (Å²) in [5.74, 6) is 0. The monoisotopic (exact) mass is 835 g/mol. The van der Waals surface area contributed by atoms with E-state index in [1.54, 1.807) is 11.3 Å². The van der Waals surface area contributed by atoms with Crippen molar-refractivity contribution in [1.29, 1.82) is 10.5 Å². The lowest BCUT2D eigenvalue weighted by atomic mass is 9.90. The number of hydrogen-bond acceptors (Lipinski definition) is 3. The van der Waals surface area contributed by atoms with E-state index in [2.05, 4.69) is 203 Å². The van der Waals surface area contributed by atoms with Gasteiger partial charge in [-0.15, -0.1) is 11.3 Å². The van der Waals surface area contributed by atoms with Gasteiger partial charge in [0.1, 0.15) is 23.3 Å². The van der Waals surface area contributed by atoms with Crippen molar-refractivity contribution in [2.24, 2.45) is 0 Å². The van der Waals surface area contributed by atoms with Crippen molar-refractivity contribution < 1.29 is 0 Å². The Morgan fingerprint density at radius 1 is 0.469 bits per heavy atom. The number of nitriles is 2. The van der Waals surface area contributed by atoms with Crippen LogP contribution in [0.1, 0.15) is 39.9 Å². The van der Waals surface area contributed by atoms with E-state index in [-0.39, 0.29) is 0 Å². The molecular formula is C58H37N5S. The van der Waals surface area contributed by atoms with Crippen LogP contribution in [0.3, 0.4) is 0 Å². The summed E-state index contributed by atoms with van der Waals surface area (Å²) in [6.45, 7) is 4.24. The van der Waals surface area contributed by atoms with Gasteiger partial charge in [-0.05, 0) is 92.9 Å². The normalized spacial score (nSPS) is 12.6. The quantitative estimate of drug-likeness (QED) is 0.177. The number of allylic oxidation sites excluding steroid dienone is 1. The largest absolute Gasteiger partial charge is 0.311 e. The van der Waals surface area contributed by atoms with Gasteiger partial charge >= 0.3 is 0 Å². The standard InChI is InChI=1S/C58H37N5S/c1-34-23-26-51-42(29-34)43-30-35(2)24-27-52(43)61(51)56-45(32-59)57(62-47-18-8-3-13-37(47)38-14-4-9-19-48(38)62)55(36-25-28-54-44(31-36)41-17-7-12-22-53(41)64-54)58(46(56)33-60)63-49-20-10-5-15-39(49)40-16-6-11-21-50(40)63/h3-10,12-20,22-31H,11,21H2,1-2H3. The summed E-state index contributed by atoms with van der Waals surface area (Å²) in [5.41, 5.74) is 14.3. The highest BCUT2D eigenvalue weighted by Crippen LogP contribution is 2.50. The Kier molecular flexibility index (Phi) is 7.79. The van der Waals surface area contributed by atoms with Crippen LogP contribution >= 0.6 is 11.3 Å². The molecule has 0 atom stereocenters. The van der Waals surface area contributed by atoms with Gasteiger partial charge in [-0.2, -0.15) is 10.5 Å². The molecule has 300 valence electrons. The molecule has 5 nitrogen and oxygen atoms in total. The number of para-hydroxylation sites is 3. The van der Waals surface area contributed by atoms with Crippen LogP contribution in [0.25, 0.3) is 109 Å². The van der Waals surface area contributed by atoms with Crippen molar-refractivity contribution in [1.82, 2.24) is 13.7 Å². The van der Waals surface area contributed by atoms with Crippen molar-refractivity contribution in [2.45, 2.75) is 26.7 Å². The van der Waals surface area contributed by atoms with Crippen LogP contribution in [0.4, 0.5) is 0 Å². The minimum atomic E-state index is 0.433. The van der Waals surface area contributed by atoms with E-state index < -0.39 is 0 Å². The number of aromatic nitrogens is 3. The van der Waals surface area contributed by atoms with E-state index in [0.717, 1.165) is 112 Å². The van der Waals surface area contributed by atoms with Crippen LogP contribution in [-0.4, -0.2) is 13.7 Å². The molecule has 0 bridgehead atoms. The molecule has 0 saturated carbocycles. The smallest absolute Gasteiger partial charge is 0.104 e. The van der Waals surface area contributed by atoms with Gasteiger partial charge < -0.3 is 13.7 Å². The number of nitrogens with zero attached hydrogens (tertiary/aromatic N) is 5. The number of rotatable bonds is 4. The van der Waals surface area contributed by atoms with E-state index in [4.69, 9.17) is 0 Å². The fraction of sp³-hybridized carbons (Fsp3) is 0.0690. The Labute approximate surface area is 372 Å². The van der Waals surface area contributed by atoms with Gasteiger partial charge in [0.25, 0.3) is 0 Å². The summed E-state index contributed by atoms with van der Waals surface area (Å²) in [6.07, 6.45) is 6.19. The number of benzene rings is 8. The van der Waals surface area contributed by atoms with Crippen LogP contribution in [0.2, 0.25) is 0 Å². The Morgan fingerprint density at radius 3 is 1.62 bits per heavy atom. The number of hydrogen-bond donors (Lipinski definition) is 0. The first kappa shape index (κ1) is 36.5. The molecule has 4 heterocycles. The van der Waals surface area contributed by atoms with Gasteiger partial charge in [-0.25, -0.2) is 0 Å². The molecular weight excluding hydrogens is 799 g/mol. The van der Waals surface area contributed by atoms with Crippen molar-refractivity contribution >= 4 is 92.1 Å². The second-order valence-corrected chi connectivity index (χ2v) is 18.2. The fourth-order valence-corrected chi connectivity index (χ4v) is 11.9. The molecule has 64 heavy (non-hydrogen) atoms. The Hall–Kier alpha value is -8.16. The average molecular weight is 836 g/mol. The molecule has 0 unspecified atom stereocenters. The minimum Gasteiger partial charge on any atom is -0.311 e. The molecule has 13 rings (SSSR count). The summed E-state index contributed by atoms with van der Waals surface area (Å²) in [4.78, 5) is 0. The van der Waals surface area contributed by atoms with Crippen molar-refractivity contribution in [3.63, 3.8) is 0 Å². The van der Waals surface area contributed by atoms with E-state index in [9.17, 15) is 10.5 Å². The predicted octanol–water partition coefficient (Wildman–Crippen LogP) is 15.2. The van der Waals surface area contributed by atoms with E-state index in [1.807, 2.05) is 0 Å². The summed E-state index contributed by atoms with van der Waals surface area (Å²) in [6, 6.07) is 59.6. The van der Waals surface area contributed by atoms with E-state index >= 15 is 0 Å². The number of fused-ring (bicyclic) bond motifs is 12. The molecule has 8 aromatic carbocycles. The average Bonchev–Trinajstić information content (AvgIpc) is 4.06. The van der Waals surface area contributed by atoms with Crippen LogP contribution in [-0.2, 0) is 6.42 Å². The first-order valence-corrected chi connectivity index (χ1v) is 22.6. The van der Waals surface area contributed by atoms with Crippen molar-refractivity contribution in [3.05, 3.63) is 191 Å². The van der Waals surface area contributed by atoms with Gasteiger partial charge in [0.05, 0.1) is 44.6 Å². The van der Waals surface area contributed by atoms with Gasteiger partial charge in [-0.1, -0.05) is 114 Å². The Morgan fingerprint density at radius 2 is 0.984 bits per heavy atom. The molecule has 1 aliphatic rings. The highest BCUT2D eigenvalue weighted by molar-refractivity contribution is 7.25. The molecule has 0 N–H and O–H groups in total. The first-order valence-electron chi connectivity index (χ1n) is 21.8. The number of thiophene rings is 1. The summed E-state index contributed by atoms with van der Waals surface area (Å²) in [7, 11) is 0. The maximum Gasteiger partial charge on any atom is 0.104 e. The minimum absolute atomic E-state index is 0.433. The molecule has 0 aliphatic heterocycles. The molecule has 0 amide bonds. The second-order valence-electron chi connectivity index (χ2n) is 17.1. The molecule has 0 saturated heterocycles. The van der Waals surface area contributed by atoms with E-state index in [1.165, 1.54) is 20.3 Å². The van der Waals surface area contributed by atoms with Gasteiger partial charge in [-0.3, -0.25) is 0 Å². The van der Waals surface area contributed by atoms with Gasteiger partial charge in [0, 0.05) is 63.9 Å². The SMILES string of the molecule is Cc1ccc2c(c1)c1cc(C)ccc1n2-c1c(C#N)c(-n2c3c(c4ccccc42)C=CCC3)c(-c2ccc3sc4ccccc4c3c2)c(-n2c3ccccc3c3ccccc32)c1C#N. The second kappa shape index (κ2) is 13.7. The van der Waals surface area contributed by atoms with Gasteiger partial charge in [0.15, 0.2) is 0 Å². The third-order valence-corrected chi connectivity index (χ3v) is 14.6. The summed E-state index contributed by atoms with van der Waals surface area (Å²) < 4.78 is 9.30. The van der Waals surface area contributed by atoms with Crippen LogP contribution in [0.5, 0.6) is 0 Å². The maximum absolute atomic E-state index is 12.1. The molecule has 4 aromatic heterocycles. The Bertz CT molecular complexity index is 4020. The van der Waals surface area contributed by atoms with Crippen LogP contribution in [0, 0.1) is 36.5 Å². The maximum atomic E-state index is 12.1. The highest BCUT2D eigenvalue weighted by atomic mass is 32.1. The molecule has 0 fully saturated rings. The lowest BCUT2D eigenvalue weighted by Gasteiger charge is -2.27. The summed E-state index contributed by atoms with van der Waals surface area (Å²) >= 11 is 1.79. The molecule has 6 heteroatoms. The zero-order valence-corrected chi connectivity index (χ0v) is 36.0. The topological polar surface area (TPSA) is 62.4 Å². The zero-order valence-electron chi connectivity index (χ0n) is 35.1. The summed E-state index contributed by atoms with van der Waals surface area (Å²) in [5, 5.41) is 32.1. The number of aryl methyl sites for hydroxylation is 2. The lowest BCUT2D eigenvalue weighted by molar-refractivity contribution is 0.885. The lowest BCUT2D eigenvalue weighted by Crippen LogP contribution is -2.15. The third-order valence-electron chi connectivity index (χ3n) is 13.5. The Balaban J connectivity index is 1.34. The third kappa shape index (κ3) is 4.97.